The van der Waals surface area contributed by atoms with Crippen molar-refractivity contribution in [1.29, 1.82) is 0 Å². The summed E-state index contributed by atoms with van der Waals surface area (Å²) in [7, 11) is 1.67. The number of hydrogen-bond acceptors (Lipinski definition) is 5. The molecule has 1 aliphatic rings. The quantitative estimate of drug-likeness (QED) is 0.710. The Hall–Kier alpha value is -2.55. The van der Waals surface area contributed by atoms with Crippen molar-refractivity contribution < 1.29 is 13.9 Å². The summed E-state index contributed by atoms with van der Waals surface area (Å²) < 4.78 is 20.1. The van der Waals surface area contributed by atoms with E-state index in [9.17, 15) is 9.18 Å². The van der Waals surface area contributed by atoms with Crippen LogP contribution in [0.3, 0.4) is 0 Å². The maximum Gasteiger partial charge on any atom is 0.323 e. The number of rotatable bonds is 6. The number of pyridine rings is 1. The second kappa shape index (κ2) is 9.59. The number of benzene rings is 1. The highest BCUT2D eigenvalue weighted by molar-refractivity contribution is 5.99. The molecule has 3 rings (SSSR count). The summed E-state index contributed by atoms with van der Waals surface area (Å²) in [6, 6.07) is 8.31. The monoisotopic (exact) mass is 387 g/mol. The Labute approximate surface area is 164 Å². The highest BCUT2D eigenvalue weighted by atomic mass is 19.1. The van der Waals surface area contributed by atoms with Gasteiger partial charge in [0.2, 0.25) is 0 Å². The number of anilines is 2. The number of piperazine rings is 1. The van der Waals surface area contributed by atoms with Crippen molar-refractivity contribution in [1.82, 2.24) is 15.2 Å². The van der Waals surface area contributed by atoms with Crippen LogP contribution in [0.2, 0.25) is 0 Å². The van der Waals surface area contributed by atoms with E-state index in [0.717, 1.165) is 25.3 Å². The summed E-state index contributed by atoms with van der Waals surface area (Å²) in [6.07, 6.45) is 1.56. The number of halogens is 1. The first-order valence-electron chi connectivity index (χ1n) is 9.28. The molecule has 1 fully saturated rings. The standard InChI is InChI=1S/C20H26FN5O2/c1-14-6-7-16(10-23-14)24-20(27)25-18-5-3-4-15(19(18)21)11-26-9-8-22-17(12-26)13-28-2/h3-7,10,17,22H,8-9,11-13H2,1-2H3,(H2,24,25,27)/t17-/m1/s1. The van der Waals surface area contributed by atoms with Gasteiger partial charge in [0.15, 0.2) is 5.82 Å². The van der Waals surface area contributed by atoms with E-state index in [1.165, 1.54) is 0 Å². The van der Waals surface area contributed by atoms with Crippen LogP contribution in [0.1, 0.15) is 11.3 Å². The molecule has 0 saturated carbocycles. The first kappa shape index (κ1) is 20.2. The predicted molar refractivity (Wildman–Crippen MR) is 107 cm³/mol. The minimum Gasteiger partial charge on any atom is -0.383 e. The molecule has 2 aromatic rings. The van der Waals surface area contributed by atoms with Crippen molar-refractivity contribution in [3.8, 4) is 0 Å². The molecule has 1 saturated heterocycles. The third-order valence-electron chi connectivity index (χ3n) is 4.60. The molecular weight excluding hydrogens is 361 g/mol. The average Bonchev–Trinajstić information content (AvgIpc) is 2.67. The molecule has 8 heteroatoms. The van der Waals surface area contributed by atoms with Crippen molar-refractivity contribution in [3.63, 3.8) is 0 Å². The van der Waals surface area contributed by atoms with Gasteiger partial charge in [0, 0.05) is 50.6 Å². The molecule has 1 atom stereocenters. The fraction of sp³-hybridized carbons (Fsp3) is 0.400. The Kier molecular flexibility index (Phi) is 6.91. The number of carbonyl (C=O) groups excluding carboxylic acids is 1. The van der Waals surface area contributed by atoms with Crippen LogP contribution in [0.15, 0.2) is 36.5 Å². The van der Waals surface area contributed by atoms with E-state index in [-0.39, 0.29) is 11.7 Å². The predicted octanol–water partition coefficient (Wildman–Crippen LogP) is 2.59. The first-order valence-corrected chi connectivity index (χ1v) is 9.28. The van der Waals surface area contributed by atoms with E-state index in [2.05, 4.69) is 25.8 Å². The van der Waals surface area contributed by atoms with Crippen LogP contribution >= 0.6 is 0 Å². The van der Waals surface area contributed by atoms with E-state index in [0.29, 0.717) is 24.4 Å². The van der Waals surface area contributed by atoms with Crippen molar-refractivity contribution in [2.45, 2.75) is 19.5 Å². The molecule has 150 valence electrons. The molecule has 0 aliphatic carbocycles. The van der Waals surface area contributed by atoms with Gasteiger partial charge in [-0.25, -0.2) is 9.18 Å². The molecule has 2 heterocycles. The van der Waals surface area contributed by atoms with E-state index < -0.39 is 11.8 Å². The SMILES string of the molecule is COC[C@H]1CN(Cc2cccc(NC(=O)Nc3ccc(C)nc3)c2F)CCN1. The second-order valence-electron chi connectivity index (χ2n) is 6.89. The summed E-state index contributed by atoms with van der Waals surface area (Å²) >= 11 is 0. The second-order valence-corrected chi connectivity index (χ2v) is 6.89. The summed E-state index contributed by atoms with van der Waals surface area (Å²) in [6.45, 7) is 5.41. The van der Waals surface area contributed by atoms with Gasteiger partial charge in [-0.15, -0.1) is 0 Å². The molecule has 0 radical (unpaired) electrons. The molecule has 0 bridgehead atoms. The van der Waals surface area contributed by atoms with Crippen molar-refractivity contribution in [2.24, 2.45) is 0 Å². The van der Waals surface area contributed by atoms with Gasteiger partial charge in [-0.1, -0.05) is 12.1 Å². The van der Waals surface area contributed by atoms with Gasteiger partial charge < -0.3 is 20.7 Å². The smallest absolute Gasteiger partial charge is 0.323 e. The topological polar surface area (TPSA) is 78.5 Å². The number of carbonyl (C=O) groups is 1. The van der Waals surface area contributed by atoms with E-state index in [1.807, 2.05) is 6.92 Å². The largest absolute Gasteiger partial charge is 0.383 e. The van der Waals surface area contributed by atoms with Gasteiger partial charge in [-0.2, -0.15) is 0 Å². The molecule has 1 aromatic heterocycles. The van der Waals surface area contributed by atoms with Crippen LogP contribution in [0.25, 0.3) is 0 Å². The van der Waals surface area contributed by atoms with Gasteiger partial charge >= 0.3 is 6.03 Å². The normalized spacial score (nSPS) is 17.3. The number of methoxy groups -OCH3 is 1. The maximum atomic E-state index is 14.9. The first-order chi connectivity index (χ1) is 13.5. The molecule has 7 nitrogen and oxygen atoms in total. The van der Waals surface area contributed by atoms with Gasteiger partial charge in [-0.3, -0.25) is 9.88 Å². The summed E-state index contributed by atoms with van der Waals surface area (Å²) in [5, 5.41) is 8.61. The number of nitrogens with zero attached hydrogens (tertiary/aromatic N) is 2. The van der Waals surface area contributed by atoms with Gasteiger partial charge in [0.1, 0.15) is 0 Å². The zero-order chi connectivity index (χ0) is 19.9. The van der Waals surface area contributed by atoms with Crippen LogP contribution < -0.4 is 16.0 Å². The molecule has 28 heavy (non-hydrogen) atoms. The Morgan fingerprint density at radius 1 is 1.36 bits per heavy atom. The van der Waals surface area contributed by atoms with Crippen molar-refractivity contribution in [3.05, 3.63) is 53.6 Å². The number of urea groups is 1. The summed E-state index contributed by atoms with van der Waals surface area (Å²) in [4.78, 5) is 18.5. The third kappa shape index (κ3) is 5.48. The van der Waals surface area contributed by atoms with Crippen molar-refractivity contribution >= 4 is 17.4 Å². The average molecular weight is 387 g/mol. The Morgan fingerprint density at radius 2 is 2.21 bits per heavy atom. The highest BCUT2D eigenvalue weighted by Gasteiger charge is 2.21. The number of nitrogens with one attached hydrogen (secondary N) is 3. The molecule has 2 amide bonds. The van der Waals surface area contributed by atoms with Crippen LogP contribution in [-0.4, -0.2) is 55.3 Å². The Bertz CT molecular complexity index is 798. The molecule has 0 spiro atoms. The fourth-order valence-corrected chi connectivity index (χ4v) is 3.22. The van der Waals surface area contributed by atoms with Crippen molar-refractivity contribution in [2.75, 3.05) is 44.0 Å². The number of amides is 2. The van der Waals surface area contributed by atoms with E-state index >= 15 is 0 Å². The van der Waals surface area contributed by atoms with Crippen LogP contribution in [0, 0.1) is 12.7 Å². The lowest BCUT2D eigenvalue weighted by Crippen LogP contribution is -2.52. The minimum absolute atomic E-state index is 0.152. The number of ether oxygens (including phenoxy) is 1. The van der Waals surface area contributed by atoms with E-state index in [1.54, 1.807) is 43.6 Å². The maximum absolute atomic E-state index is 14.9. The molecule has 1 aromatic carbocycles. The summed E-state index contributed by atoms with van der Waals surface area (Å²) in [5.41, 5.74) is 2.10. The number of aromatic nitrogens is 1. The Morgan fingerprint density at radius 3 is 2.96 bits per heavy atom. The lowest BCUT2D eigenvalue weighted by atomic mass is 10.1. The van der Waals surface area contributed by atoms with Gasteiger partial charge in [0.25, 0.3) is 0 Å². The van der Waals surface area contributed by atoms with Crippen LogP contribution in [0.5, 0.6) is 0 Å². The number of aryl methyl sites for hydroxylation is 1. The van der Waals surface area contributed by atoms with Gasteiger partial charge in [0.05, 0.1) is 24.2 Å². The molecule has 3 N–H and O–H groups in total. The molecular formula is C20H26FN5O2. The lowest BCUT2D eigenvalue weighted by molar-refractivity contribution is 0.112. The zero-order valence-corrected chi connectivity index (χ0v) is 16.2. The van der Waals surface area contributed by atoms with E-state index in [4.69, 9.17) is 4.74 Å². The third-order valence-corrected chi connectivity index (χ3v) is 4.60. The van der Waals surface area contributed by atoms with Crippen LogP contribution in [0.4, 0.5) is 20.6 Å². The van der Waals surface area contributed by atoms with Crippen LogP contribution in [-0.2, 0) is 11.3 Å². The zero-order valence-electron chi connectivity index (χ0n) is 16.2. The Balaban J connectivity index is 1.62. The lowest BCUT2D eigenvalue weighted by Gasteiger charge is -2.33. The highest BCUT2D eigenvalue weighted by Crippen LogP contribution is 2.20. The summed E-state index contributed by atoms with van der Waals surface area (Å²) in [5.74, 6) is -0.415. The number of hydrogen-bond donors (Lipinski definition) is 3. The van der Waals surface area contributed by atoms with Gasteiger partial charge in [-0.05, 0) is 25.1 Å². The minimum atomic E-state index is -0.510. The fourth-order valence-electron chi connectivity index (χ4n) is 3.22. The molecule has 0 unspecified atom stereocenters. The molecule has 1 aliphatic heterocycles.